The lowest BCUT2D eigenvalue weighted by atomic mass is 10.2. The molecule has 1 N–H and O–H groups in total. The number of benzene rings is 1. The van der Waals surface area contributed by atoms with E-state index in [2.05, 4.69) is 27.1 Å². The Bertz CT molecular complexity index is 799. The van der Waals surface area contributed by atoms with Crippen LogP contribution in [-0.4, -0.2) is 28.8 Å². The third-order valence-electron chi connectivity index (χ3n) is 3.04. The third kappa shape index (κ3) is 4.15. The van der Waals surface area contributed by atoms with Gasteiger partial charge in [0.2, 0.25) is 11.0 Å². The van der Waals surface area contributed by atoms with Gasteiger partial charge < -0.3 is 14.5 Å². The van der Waals surface area contributed by atoms with E-state index in [9.17, 15) is 0 Å². The molecule has 2 aromatic heterocycles. The summed E-state index contributed by atoms with van der Waals surface area (Å²) >= 11 is 3.09. The number of anilines is 1. The summed E-state index contributed by atoms with van der Waals surface area (Å²) in [7, 11) is 1.64. The highest BCUT2D eigenvalue weighted by atomic mass is 32.2. The predicted octanol–water partition coefficient (Wildman–Crippen LogP) is 4.09. The Hall–Kier alpha value is -2.32. The molecule has 1 aromatic carbocycles. The van der Waals surface area contributed by atoms with Gasteiger partial charge in [-0.2, -0.15) is 0 Å². The van der Waals surface area contributed by atoms with Crippen LogP contribution in [-0.2, 0) is 5.75 Å². The summed E-state index contributed by atoms with van der Waals surface area (Å²) in [5.41, 5.74) is 1.78. The van der Waals surface area contributed by atoms with Crippen molar-refractivity contribution in [2.24, 2.45) is 0 Å². The normalized spacial score (nSPS) is 10.5. The number of oxazole rings is 1. The van der Waals surface area contributed by atoms with Crippen LogP contribution in [0, 0.1) is 0 Å². The molecule has 0 radical (unpaired) electrons. The first kappa shape index (κ1) is 16.5. The largest absolute Gasteiger partial charge is 0.497 e. The van der Waals surface area contributed by atoms with E-state index in [0.29, 0.717) is 18.2 Å². The van der Waals surface area contributed by atoms with Crippen molar-refractivity contribution >= 4 is 28.2 Å². The van der Waals surface area contributed by atoms with Crippen molar-refractivity contribution in [1.82, 2.24) is 15.2 Å². The number of hydrogen-bond donors (Lipinski definition) is 1. The van der Waals surface area contributed by atoms with Gasteiger partial charge in [0.05, 0.1) is 12.8 Å². The number of methoxy groups -OCH3 is 1. The smallest absolute Gasteiger partial charge is 0.226 e. The van der Waals surface area contributed by atoms with E-state index in [4.69, 9.17) is 9.15 Å². The van der Waals surface area contributed by atoms with Gasteiger partial charge in [0, 0.05) is 17.9 Å². The van der Waals surface area contributed by atoms with Crippen molar-refractivity contribution in [2.45, 2.75) is 10.1 Å². The van der Waals surface area contributed by atoms with Crippen LogP contribution in [0.5, 0.6) is 5.75 Å². The topological polar surface area (TPSA) is 73.1 Å². The van der Waals surface area contributed by atoms with Gasteiger partial charge in [-0.15, -0.1) is 16.8 Å². The van der Waals surface area contributed by atoms with Crippen LogP contribution in [0.25, 0.3) is 11.5 Å². The van der Waals surface area contributed by atoms with Crippen LogP contribution < -0.4 is 10.1 Å². The van der Waals surface area contributed by atoms with Gasteiger partial charge in [-0.25, -0.2) is 4.98 Å². The van der Waals surface area contributed by atoms with Crippen molar-refractivity contribution in [3.05, 3.63) is 48.9 Å². The molecular formula is C16H16N4O2S2. The molecule has 24 heavy (non-hydrogen) atoms. The number of nitrogens with one attached hydrogen (secondary N) is 1. The molecule has 0 saturated heterocycles. The summed E-state index contributed by atoms with van der Waals surface area (Å²) in [5, 5.41) is 12.1. The van der Waals surface area contributed by atoms with E-state index in [-0.39, 0.29) is 0 Å². The average Bonchev–Trinajstić information content (AvgIpc) is 3.27. The van der Waals surface area contributed by atoms with E-state index >= 15 is 0 Å². The number of thioether (sulfide) groups is 1. The van der Waals surface area contributed by atoms with Crippen LogP contribution in [0.1, 0.15) is 5.69 Å². The summed E-state index contributed by atoms with van der Waals surface area (Å²) in [6, 6.07) is 7.60. The Morgan fingerprint density at radius 1 is 1.33 bits per heavy atom. The second-order valence-electron chi connectivity index (χ2n) is 4.70. The summed E-state index contributed by atoms with van der Waals surface area (Å²) in [6.07, 6.45) is 3.45. The van der Waals surface area contributed by atoms with Gasteiger partial charge in [0.15, 0.2) is 4.34 Å². The zero-order valence-corrected chi connectivity index (χ0v) is 14.7. The number of ether oxygens (including phenoxy) is 1. The Kier molecular flexibility index (Phi) is 5.50. The first-order valence-corrected chi connectivity index (χ1v) is 8.98. The summed E-state index contributed by atoms with van der Waals surface area (Å²) in [4.78, 5) is 4.51. The molecule has 0 saturated carbocycles. The molecule has 6 nitrogen and oxygen atoms in total. The van der Waals surface area contributed by atoms with Crippen LogP contribution in [0.15, 0.2) is 51.9 Å². The van der Waals surface area contributed by atoms with Gasteiger partial charge in [-0.3, -0.25) is 0 Å². The van der Waals surface area contributed by atoms with Crippen molar-refractivity contribution in [3.8, 4) is 17.2 Å². The van der Waals surface area contributed by atoms with E-state index in [1.807, 2.05) is 24.3 Å². The maximum atomic E-state index is 5.55. The Balaban J connectivity index is 1.59. The second kappa shape index (κ2) is 7.98. The molecule has 0 amide bonds. The van der Waals surface area contributed by atoms with Crippen LogP contribution in [0.3, 0.4) is 0 Å². The molecule has 124 valence electrons. The van der Waals surface area contributed by atoms with Gasteiger partial charge in [0.1, 0.15) is 12.0 Å². The Morgan fingerprint density at radius 3 is 2.92 bits per heavy atom. The number of aromatic nitrogens is 3. The first-order valence-electron chi connectivity index (χ1n) is 7.18. The highest BCUT2D eigenvalue weighted by molar-refractivity contribution is 8.00. The molecule has 8 heteroatoms. The fourth-order valence-corrected chi connectivity index (χ4v) is 3.51. The zero-order chi connectivity index (χ0) is 16.8. The van der Waals surface area contributed by atoms with Crippen molar-refractivity contribution in [3.63, 3.8) is 0 Å². The lowest BCUT2D eigenvalue weighted by molar-refractivity contribution is 0.415. The SMILES string of the molecule is C=CCNc1nnc(SCc2coc(-c3ccc(OC)cc3)n2)s1. The number of hydrogen-bond acceptors (Lipinski definition) is 8. The molecule has 0 fully saturated rings. The van der Waals surface area contributed by atoms with Crippen molar-refractivity contribution in [1.29, 1.82) is 0 Å². The number of nitrogens with zero attached hydrogens (tertiary/aromatic N) is 3. The van der Waals surface area contributed by atoms with Crippen LogP contribution >= 0.6 is 23.1 Å². The summed E-state index contributed by atoms with van der Waals surface area (Å²) in [6.45, 7) is 4.33. The standard InChI is InChI=1S/C16H16N4O2S2/c1-3-8-17-15-19-20-16(24-15)23-10-12-9-22-14(18-12)11-4-6-13(21-2)7-5-11/h3-7,9H,1,8,10H2,2H3,(H,17,19). The zero-order valence-electron chi connectivity index (χ0n) is 13.1. The van der Waals surface area contributed by atoms with Gasteiger partial charge in [0.25, 0.3) is 0 Å². The first-order chi connectivity index (χ1) is 11.8. The Morgan fingerprint density at radius 2 is 2.17 bits per heavy atom. The monoisotopic (exact) mass is 360 g/mol. The molecule has 2 heterocycles. The molecule has 3 rings (SSSR count). The molecule has 0 unspecified atom stereocenters. The maximum absolute atomic E-state index is 5.55. The van der Waals surface area contributed by atoms with Crippen LogP contribution in [0.2, 0.25) is 0 Å². The molecule has 0 aliphatic rings. The molecule has 0 aliphatic carbocycles. The summed E-state index contributed by atoms with van der Waals surface area (Å²) in [5.74, 6) is 2.08. The minimum absolute atomic E-state index is 0.596. The third-order valence-corrected chi connectivity index (χ3v) is 5.08. The maximum Gasteiger partial charge on any atom is 0.226 e. The second-order valence-corrected chi connectivity index (χ2v) is 6.90. The van der Waals surface area contributed by atoms with E-state index in [1.165, 1.54) is 11.3 Å². The quantitative estimate of drug-likeness (QED) is 0.479. The van der Waals surface area contributed by atoms with Gasteiger partial charge in [-0.05, 0) is 24.3 Å². The minimum atomic E-state index is 0.596. The molecule has 0 aliphatic heterocycles. The minimum Gasteiger partial charge on any atom is -0.497 e. The van der Waals surface area contributed by atoms with Crippen LogP contribution in [0.4, 0.5) is 5.13 Å². The average molecular weight is 360 g/mol. The van der Waals surface area contributed by atoms with E-state index < -0.39 is 0 Å². The Labute approximate surface area is 148 Å². The molecule has 0 spiro atoms. The van der Waals surface area contributed by atoms with Crippen molar-refractivity contribution in [2.75, 3.05) is 19.0 Å². The summed E-state index contributed by atoms with van der Waals surface area (Å²) < 4.78 is 11.6. The van der Waals surface area contributed by atoms with E-state index in [0.717, 1.165) is 26.5 Å². The van der Waals surface area contributed by atoms with E-state index in [1.54, 1.807) is 31.2 Å². The van der Waals surface area contributed by atoms with Gasteiger partial charge >= 0.3 is 0 Å². The fourth-order valence-electron chi connectivity index (χ4n) is 1.87. The highest BCUT2D eigenvalue weighted by Gasteiger charge is 2.09. The molecule has 0 atom stereocenters. The van der Waals surface area contributed by atoms with Gasteiger partial charge in [-0.1, -0.05) is 29.2 Å². The molecular weight excluding hydrogens is 344 g/mol. The lowest BCUT2D eigenvalue weighted by Crippen LogP contribution is -1.96. The number of rotatable bonds is 8. The fraction of sp³-hybridized carbons (Fsp3) is 0.188. The molecule has 0 bridgehead atoms. The molecule has 3 aromatic rings. The lowest BCUT2D eigenvalue weighted by Gasteiger charge is -1.99. The highest BCUT2D eigenvalue weighted by Crippen LogP contribution is 2.29. The van der Waals surface area contributed by atoms with Crippen molar-refractivity contribution < 1.29 is 9.15 Å². The predicted molar refractivity (Wildman–Crippen MR) is 96.6 cm³/mol.